The van der Waals surface area contributed by atoms with Gasteiger partial charge >= 0.3 is 0 Å². The van der Waals surface area contributed by atoms with Crippen molar-refractivity contribution in [3.05, 3.63) is 76.7 Å². The Bertz CT molecular complexity index is 791. The van der Waals surface area contributed by atoms with Crippen LogP contribution >= 0.6 is 11.6 Å². The van der Waals surface area contributed by atoms with Gasteiger partial charge in [0.25, 0.3) is 0 Å². The summed E-state index contributed by atoms with van der Waals surface area (Å²) in [5.41, 5.74) is 2.08. The number of halogens is 2. The fourth-order valence-corrected chi connectivity index (χ4v) is 2.38. The van der Waals surface area contributed by atoms with Crippen LogP contribution < -0.4 is 0 Å². The number of pyridine rings is 1. The van der Waals surface area contributed by atoms with Crippen LogP contribution in [0.3, 0.4) is 0 Å². The van der Waals surface area contributed by atoms with Gasteiger partial charge in [-0.15, -0.1) is 0 Å². The Morgan fingerprint density at radius 2 is 1.90 bits per heavy atom. The molecule has 0 spiro atoms. The summed E-state index contributed by atoms with van der Waals surface area (Å²) >= 11 is 5.65. The molecule has 0 saturated heterocycles. The second-order valence-electron chi connectivity index (χ2n) is 4.90. The molecule has 0 aliphatic carbocycles. The maximum absolute atomic E-state index is 13.4. The maximum atomic E-state index is 13.4. The van der Waals surface area contributed by atoms with E-state index in [0.717, 1.165) is 10.9 Å². The molecular formula is C17H13ClFNO. The minimum atomic E-state index is -0.782. The zero-order chi connectivity index (χ0) is 14.8. The number of aliphatic hydroxyl groups excluding tert-OH is 1. The van der Waals surface area contributed by atoms with Crippen LogP contribution in [0.25, 0.3) is 10.9 Å². The first kappa shape index (κ1) is 14.0. The van der Waals surface area contributed by atoms with Gasteiger partial charge < -0.3 is 5.11 Å². The smallest absolute Gasteiger partial charge is 0.142 e. The van der Waals surface area contributed by atoms with E-state index in [9.17, 15) is 9.50 Å². The number of aliphatic hydroxyl groups is 1. The third kappa shape index (κ3) is 3.04. The Kier molecular flexibility index (Phi) is 3.86. The highest BCUT2D eigenvalue weighted by Crippen LogP contribution is 2.22. The lowest BCUT2D eigenvalue weighted by Crippen LogP contribution is -2.04. The van der Waals surface area contributed by atoms with Gasteiger partial charge in [-0.2, -0.15) is 0 Å². The van der Waals surface area contributed by atoms with Crippen molar-refractivity contribution in [2.75, 3.05) is 0 Å². The van der Waals surface area contributed by atoms with Crippen molar-refractivity contribution in [2.45, 2.75) is 12.5 Å². The fraction of sp³-hybridized carbons (Fsp3) is 0.118. The molecular weight excluding hydrogens is 289 g/mol. The highest BCUT2D eigenvalue weighted by molar-refractivity contribution is 6.30. The molecule has 1 heterocycles. The Morgan fingerprint density at radius 1 is 1.10 bits per heavy atom. The molecule has 4 heteroatoms. The van der Waals surface area contributed by atoms with Crippen LogP contribution in [-0.2, 0) is 6.42 Å². The monoisotopic (exact) mass is 301 g/mol. The molecule has 0 bridgehead atoms. The Hall–Kier alpha value is -1.97. The van der Waals surface area contributed by atoms with Crippen LogP contribution in [-0.4, -0.2) is 10.1 Å². The van der Waals surface area contributed by atoms with Crippen molar-refractivity contribution in [2.24, 2.45) is 0 Å². The van der Waals surface area contributed by atoms with E-state index in [2.05, 4.69) is 4.98 Å². The Morgan fingerprint density at radius 3 is 2.71 bits per heavy atom. The molecule has 106 valence electrons. The van der Waals surface area contributed by atoms with Gasteiger partial charge in [-0.1, -0.05) is 41.9 Å². The van der Waals surface area contributed by atoms with Crippen molar-refractivity contribution < 1.29 is 9.50 Å². The first-order chi connectivity index (χ1) is 10.1. The molecule has 0 saturated carbocycles. The normalized spacial score (nSPS) is 12.5. The summed E-state index contributed by atoms with van der Waals surface area (Å²) in [4.78, 5) is 4.44. The second kappa shape index (κ2) is 5.80. The van der Waals surface area contributed by atoms with Gasteiger partial charge in [-0.3, -0.25) is 4.98 Å². The lowest BCUT2D eigenvalue weighted by atomic mass is 10.0. The molecule has 2 aromatic carbocycles. The van der Waals surface area contributed by atoms with Crippen LogP contribution in [0.5, 0.6) is 0 Å². The van der Waals surface area contributed by atoms with Crippen LogP contribution in [0.1, 0.15) is 17.4 Å². The number of rotatable bonds is 3. The molecule has 2 nitrogen and oxygen atoms in total. The van der Waals surface area contributed by atoms with Crippen molar-refractivity contribution in [1.29, 1.82) is 0 Å². The number of fused-ring (bicyclic) bond motifs is 1. The molecule has 0 fully saturated rings. The van der Waals surface area contributed by atoms with E-state index in [1.165, 1.54) is 12.1 Å². The zero-order valence-electron chi connectivity index (χ0n) is 11.1. The fourth-order valence-electron chi connectivity index (χ4n) is 2.26. The highest BCUT2D eigenvalue weighted by Gasteiger charge is 2.12. The lowest BCUT2D eigenvalue weighted by Gasteiger charge is -2.11. The molecule has 0 aliphatic heterocycles. The second-order valence-corrected chi connectivity index (χ2v) is 5.30. The summed E-state index contributed by atoms with van der Waals surface area (Å²) in [6.07, 6.45) is -0.491. The van der Waals surface area contributed by atoms with Gasteiger partial charge in [0.2, 0.25) is 0 Å². The van der Waals surface area contributed by atoms with E-state index in [1.54, 1.807) is 12.1 Å². The third-order valence-electron chi connectivity index (χ3n) is 3.37. The highest BCUT2D eigenvalue weighted by atomic mass is 35.5. The molecule has 1 aromatic heterocycles. The quantitative estimate of drug-likeness (QED) is 0.782. The molecule has 0 amide bonds. The van der Waals surface area contributed by atoms with Crippen molar-refractivity contribution in [1.82, 2.24) is 4.98 Å². The van der Waals surface area contributed by atoms with E-state index in [1.807, 2.05) is 30.3 Å². The number of benzene rings is 2. The first-order valence-electron chi connectivity index (χ1n) is 6.61. The number of hydrogen-bond donors (Lipinski definition) is 1. The summed E-state index contributed by atoms with van der Waals surface area (Å²) in [5.74, 6) is -0.479. The number of aromatic nitrogens is 1. The topological polar surface area (TPSA) is 33.1 Å². The van der Waals surface area contributed by atoms with Crippen LogP contribution in [0, 0.1) is 5.82 Å². The summed E-state index contributed by atoms with van der Waals surface area (Å²) in [6.45, 7) is 0. The Balaban J connectivity index is 1.85. The molecule has 1 N–H and O–H groups in total. The van der Waals surface area contributed by atoms with Crippen molar-refractivity contribution in [3.8, 4) is 0 Å². The van der Waals surface area contributed by atoms with Crippen LogP contribution in [0.15, 0.2) is 54.6 Å². The van der Waals surface area contributed by atoms with Crippen molar-refractivity contribution in [3.63, 3.8) is 0 Å². The molecule has 21 heavy (non-hydrogen) atoms. The zero-order valence-corrected chi connectivity index (χ0v) is 11.9. The predicted molar refractivity (Wildman–Crippen MR) is 81.8 cm³/mol. The molecule has 1 atom stereocenters. The average Bonchev–Trinajstić information content (AvgIpc) is 2.50. The maximum Gasteiger partial charge on any atom is 0.142 e. The molecule has 3 aromatic rings. The van der Waals surface area contributed by atoms with Gasteiger partial charge in [-0.25, -0.2) is 4.39 Å². The number of nitrogens with zero attached hydrogens (tertiary/aromatic N) is 1. The van der Waals surface area contributed by atoms with Crippen LogP contribution in [0.2, 0.25) is 5.02 Å². The van der Waals surface area contributed by atoms with Crippen LogP contribution in [0.4, 0.5) is 4.39 Å². The molecule has 0 radical (unpaired) electrons. The van der Waals surface area contributed by atoms with Gasteiger partial charge in [0, 0.05) is 11.8 Å². The molecule has 1 unspecified atom stereocenters. The van der Waals surface area contributed by atoms with E-state index in [4.69, 9.17) is 11.6 Å². The van der Waals surface area contributed by atoms with Gasteiger partial charge in [0.1, 0.15) is 5.82 Å². The standard InChI is InChI=1S/C17H13ClFNO/c18-13-7-5-11(9-14(13)19)10-17(21)16-8-6-12-3-1-2-4-15(12)20-16/h1-9,17,21H,10H2. The SMILES string of the molecule is OC(Cc1ccc(Cl)c(F)c1)c1ccc2ccccc2n1. The largest absolute Gasteiger partial charge is 0.386 e. The van der Waals surface area contributed by atoms with E-state index >= 15 is 0 Å². The molecule has 3 rings (SSSR count). The molecule has 0 aliphatic rings. The first-order valence-corrected chi connectivity index (χ1v) is 6.99. The van der Waals surface area contributed by atoms with E-state index in [0.29, 0.717) is 17.7 Å². The predicted octanol–water partition coefficient (Wildman–Crippen LogP) is 4.30. The lowest BCUT2D eigenvalue weighted by molar-refractivity contribution is 0.174. The van der Waals surface area contributed by atoms with Gasteiger partial charge in [0.15, 0.2) is 0 Å². The number of hydrogen-bond acceptors (Lipinski definition) is 2. The summed E-state index contributed by atoms with van der Waals surface area (Å²) in [6, 6.07) is 16.0. The minimum absolute atomic E-state index is 0.0806. The average molecular weight is 302 g/mol. The van der Waals surface area contributed by atoms with E-state index < -0.39 is 11.9 Å². The Labute approximate surface area is 126 Å². The van der Waals surface area contributed by atoms with Gasteiger partial charge in [0.05, 0.1) is 22.3 Å². The third-order valence-corrected chi connectivity index (χ3v) is 3.68. The summed E-state index contributed by atoms with van der Waals surface area (Å²) in [7, 11) is 0. The minimum Gasteiger partial charge on any atom is -0.386 e. The van der Waals surface area contributed by atoms with E-state index in [-0.39, 0.29) is 5.02 Å². The summed E-state index contributed by atoms with van der Waals surface area (Å²) in [5, 5.41) is 11.4. The van der Waals surface area contributed by atoms with Gasteiger partial charge in [-0.05, 0) is 29.8 Å². The number of para-hydroxylation sites is 1. The van der Waals surface area contributed by atoms with Crippen molar-refractivity contribution >= 4 is 22.5 Å². The summed E-state index contributed by atoms with van der Waals surface area (Å²) < 4.78 is 13.4.